The second-order valence-electron chi connectivity index (χ2n) is 3.70. The molecule has 0 amide bonds. The third-order valence-corrected chi connectivity index (χ3v) is 4.01. The van der Waals surface area contributed by atoms with E-state index in [1.54, 1.807) is 12.1 Å². The van der Waals surface area contributed by atoms with Gasteiger partial charge in [-0.15, -0.1) is 0 Å². The van der Waals surface area contributed by atoms with Crippen LogP contribution in [0.15, 0.2) is 24.3 Å². The van der Waals surface area contributed by atoms with Crippen LogP contribution in [0.4, 0.5) is 0 Å². The molecule has 0 aliphatic heterocycles. The molecule has 2 unspecified atom stereocenters. The molecule has 0 saturated heterocycles. The summed E-state index contributed by atoms with van der Waals surface area (Å²) in [7, 11) is -0.198. The second-order valence-corrected chi connectivity index (χ2v) is 5.45. The molecule has 98 valence electrons. The van der Waals surface area contributed by atoms with Gasteiger partial charge in [-0.3, -0.25) is 9.00 Å². The van der Waals surface area contributed by atoms with Crippen LogP contribution in [-0.4, -0.2) is 33.6 Å². The Morgan fingerprint density at radius 3 is 2.67 bits per heavy atom. The summed E-state index contributed by atoms with van der Waals surface area (Å²) >= 11 is 0. The highest BCUT2D eigenvalue weighted by Crippen LogP contribution is 2.11. The van der Waals surface area contributed by atoms with E-state index in [2.05, 4.69) is 4.74 Å². The molecular formula is C12H14O5S. The van der Waals surface area contributed by atoms with E-state index in [0.29, 0.717) is 5.56 Å². The second kappa shape index (κ2) is 6.30. The quantitative estimate of drug-likeness (QED) is 0.813. The maximum atomic E-state index is 11.9. The van der Waals surface area contributed by atoms with Gasteiger partial charge in [0.25, 0.3) is 0 Å². The largest absolute Gasteiger partial charge is 0.478 e. The SMILES string of the molecule is COC(=O)C(C)S(=O)Cc1cccc(C(=O)O)c1. The minimum atomic E-state index is -1.43. The van der Waals surface area contributed by atoms with Gasteiger partial charge in [-0.1, -0.05) is 12.1 Å². The standard InChI is InChI=1S/C12H14O5S/c1-8(12(15)17-2)18(16)7-9-4-3-5-10(6-9)11(13)14/h3-6,8H,7H2,1-2H3,(H,13,14). The minimum absolute atomic E-state index is 0.122. The fraction of sp³-hybridized carbons (Fsp3) is 0.333. The molecule has 1 aromatic carbocycles. The normalized spacial score (nSPS) is 13.7. The molecule has 2 atom stereocenters. The zero-order valence-electron chi connectivity index (χ0n) is 10.1. The van der Waals surface area contributed by atoms with E-state index in [4.69, 9.17) is 5.11 Å². The number of ether oxygens (including phenoxy) is 1. The zero-order valence-corrected chi connectivity index (χ0v) is 10.9. The van der Waals surface area contributed by atoms with Crippen molar-refractivity contribution in [2.45, 2.75) is 17.9 Å². The van der Waals surface area contributed by atoms with Crippen molar-refractivity contribution in [3.63, 3.8) is 0 Å². The number of methoxy groups -OCH3 is 1. The van der Waals surface area contributed by atoms with Crippen molar-refractivity contribution in [3.8, 4) is 0 Å². The van der Waals surface area contributed by atoms with Gasteiger partial charge in [0, 0.05) is 16.6 Å². The van der Waals surface area contributed by atoms with E-state index in [9.17, 15) is 13.8 Å². The van der Waals surface area contributed by atoms with Gasteiger partial charge in [-0.25, -0.2) is 4.79 Å². The van der Waals surface area contributed by atoms with Crippen molar-refractivity contribution >= 4 is 22.7 Å². The number of carbonyl (C=O) groups is 2. The summed E-state index contributed by atoms with van der Waals surface area (Å²) in [6.07, 6.45) is 0. The molecule has 6 heteroatoms. The Balaban J connectivity index is 2.79. The number of carboxylic acids is 1. The Morgan fingerprint density at radius 2 is 2.11 bits per heavy atom. The number of benzene rings is 1. The average molecular weight is 270 g/mol. The molecule has 0 fully saturated rings. The average Bonchev–Trinajstić information content (AvgIpc) is 2.37. The number of carbonyl (C=O) groups excluding carboxylic acids is 1. The van der Waals surface area contributed by atoms with Gasteiger partial charge in [0.2, 0.25) is 0 Å². The third kappa shape index (κ3) is 3.66. The Kier molecular flexibility index (Phi) is 5.03. The summed E-state index contributed by atoms with van der Waals surface area (Å²) in [6, 6.07) is 6.16. The first-order valence-electron chi connectivity index (χ1n) is 5.23. The van der Waals surface area contributed by atoms with Crippen LogP contribution in [0.25, 0.3) is 0 Å². The van der Waals surface area contributed by atoms with Gasteiger partial charge in [-0.2, -0.15) is 0 Å². The Hall–Kier alpha value is -1.69. The van der Waals surface area contributed by atoms with Crippen LogP contribution >= 0.6 is 0 Å². The summed E-state index contributed by atoms with van der Waals surface area (Å²) in [6.45, 7) is 1.52. The maximum Gasteiger partial charge on any atom is 0.335 e. The summed E-state index contributed by atoms with van der Waals surface area (Å²) in [5.41, 5.74) is 0.749. The van der Waals surface area contributed by atoms with Gasteiger partial charge in [0.15, 0.2) is 0 Å². The Morgan fingerprint density at radius 1 is 1.44 bits per heavy atom. The van der Waals surface area contributed by atoms with E-state index in [-0.39, 0.29) is 11.3 Å². The van der Waals surface area contributed by atoms with Crippen molar-refractivity contribution in [1.29, 1.82) is 0 Å². The smallest absolute Gasteiger partial charge is 0.335 e. The first-order chi connectivity index (χ1) is 8.45. The molecule has 18 heavy (non-hydrogen) atoms. The molecule has 0 saturated carbocycles. The van der Waals surface area contributed by atoms with E-state index >= 15 is 0 Å². The van der Waals surface area contributed by atoms with E-state index in [0.717, 1.165) is 0 Å². The van der Waals surface area contributed by atoms with Crippen molar-refractivity contribution in [2.24, 2.45) is 0 Å². The molecule has 0 spiro atoms. The number of hydrogen-bond acceptors (Lipinski definition) is 4. The first-order valence-corrected chi connectivity index (χ1v) is 6.61. The highest BCUT2D eigenvalue weighted by atomic mass is 32.2. The molecule has 0 aromatic heterocycles. The summed E-state index contributed by atoms with van der Waals surface area (Å²) in [4.78, 5) is 22.0. The monoisotopic (exact) mass is 270 g/mol. The van der Waals surface area contributed by atoms with Crippen LogP contribution in [0.5, 0.6) is 0 Å². The number of rotatable bonds is 5. The molecule has 1 N–H and O–H groups in total. The van der Waals surface area contributed by atoms with Crippen LogP contribution in [0.2, 0.25) is 0 Å². The summed E-state index contributed by atoms with van der Waals surface area (Å²) in [5, 5.41) is 8.10. The number of esters is 1. The lowest BCUT2D eigenvalue weighted by molar-refractivity contribution is -0.139. The lowest BCUT2D eigenvalue weighted by atomic mass is 10.1. The highest BCUT2D eigenvalue weighted by Gasteiger charge is 2.20. The van der Waals surface area contributed by atoms with Crippen molar-refractivity contribution in [1.82, 2.24) is 0 Å². The molecule has 0 aliphatic carbocycles. The summed E-state index contributed by atoms with van der Waals surface area (Å²) < 4.78 is 16.4. The summed E-state index contributed by atoms with van der Waals surface area (Å²) in [5.74, 6) is -1.46. The van der Waals surface area contributed by atoms with E-state index < -0.39 is 28.0 Å². The fourth-order valence-electron chi connectivity index (χ4n) is 1.36. The fourth-order valence-corrected chi connectivity index (χ4v) is 2.43. The van der Waals surface area contributed by atoms with Crippen LogP contribution in [0.3, 0.4) is 0 Å². The Labute approximate surface area is 107 Å². The molecule has 1 rings (SSSR count). The van der Waals surface area contributed by atoms with Crippen molar-refractivity contribution in [2.75, 3.05) is 7.11 Å². The topological polar surface area (TPSA) is 80.7 Å². The van der Waals surface area contributed by atoms with Gasteiger partial charge < -0.3 is 9.84 Å². The lowest BCUT2D eigenvalue weighted by Crippen LogP contribution is -2.24. The highest BCUT2D eigenvalue weighted by molar-refractivity contribution is 7.85. The molecule has 0 bridgehead atoms. The molecule has 1 aromatic rings. The van der Waals surface area contributed by atoms with Gasteiger partial charge in [0.1, 0.15) is 5.25 Å². The van der Waals surface area contributed by atoms with Crippen molar-refractivity contribution in [3.05, 3.63) is 35.4 Å². The van der Waals surface area contributed by atoms with Crippen LogP contribution < -0.4 is 0 Å². The number of hydrogen-bond donors (Lipinski definition) is 1. The maximum absolute atomic E-state index is 11.9. The van der Waals surface area contributed by atoms with Gasteiger partial charge in [0.05, 0.1) is 12.7 Å². The first kappa shape index (κ1) is 14.4. The molecule has 0 heterocycles. The predicted molar refractivity (Wildman–Crippen MR) is 66.7 cm³/mol. The zero-order chi connectivity index (χ0) is 13.7. The number of aromatic carboxylic acids is 1. The van der Waals surface area contributed by atoms with Crippen LogP contribution in [0, 0.1) is 0 Å². The molecule has 5 nitrogen and oxygen atoms in total. The van der Waals surface area contributed by atoms with E-state index in [1.807, 2.05) is 0 Å². The Bertz CT molecular complexity index is 483. The van der Waals surface area contributed by atoms with Crippen LogP contribution in [-0.2, 0) is 26.1 Å². The van der Waals surface area contributed by atoms with E-state index in [1.165, 1.54) is 26.2 Å². The third-order valence-electron chi connectivity index (χ3n) is 2.41. The number of carboxylic acid groups (broad SMARTS) is 1. The lowest BCUT2D eigenvalue weighted by Gasteiger charge is -2.09. The van der Waals surface area contributed by atoms with Gasteiger partial charge >= 0.3 is 11.9 Å². The van der Waals surface area contributed by atoms with Crippen molar-refractivity contribution < 1.29 is 23.6 Å². The minimum Gasteiger partial charge on any atom is -0.478 e. The molecular weight excluding hydrogens is 256 g/mol. The van der Waals surface area contributed by atoms with Crippen LogP contribution in [0.1, 0.15) is 22.8 Å². The molecule has 0 radical (unpaired) electrons. The van der Waals surface area contributed by atoms with Gasteiger partial charge in [-0.05, 0) is 24.6 Å². The molecule has 0 aliphatic rings. The predicted octanol–water partition coefficient (Wildman–Crippen LogP) is 1.19.